The lowest BCUT2D eigenvalue weighted by Gasteiger charge is -1.86. The van der Waals surface area contributed by atoms with E-state index in [1.165, 1.54) is 11.5 Å². The molecule has 3 heteroatoms. The Kier molecular flexibility index (Phi) is 1.34. The van der Waals surface area contributed by atoms with Crippen molar-refractivity contribution < 1.29 is 0 Å². The van der Waals surface area contributed by atoms with Crippen LogP contribution < -0.4 is 0 Å². The number of hydrogen-bond acceptors (Lipinski definition) is 3. The fraction of sp³-hybridized carbons (Fsp3) is 0. The van der Waals surface area contributed by atoms with Gasteiger partial charge in [0.2, 0.25) is 0 Å². The van der Waals surface area contributed by atoms with Gasteiger partial charge in [-0.1, -0.05) is 10.4 Å². The zero-order valence-electron chi connectivity index (χ0n) is 5.61. The van der Waals surface area contributed by atoms with Crippen LogP contribution in [0.4, 0.5) is 0 Å². The number of hydrogen-bond donors (Lipinski definition) is 0. The van der Waals surface area contributed by atoms with E-state index in [1.54, 1.807) is 0 Å². The van der Waals surface area contributed by atoms with Crippen LogP contribution >= 0.6 is 11.5 Å². The standard InChI is InChI=1S/C8H4N2S/c1-2-6-3-4-8-7(5-6)9-10-11-8/h1,3-5H. The van der Waals surface area contributed by atoms with Crippen molar-refractivity contribution in [3.8, 4) is 12.3 Å². The summed E-state index contributed by atoms with van der Waals surface area (Å²) in [5.74, 6) is 2.55. The Balaban J connectivity index is 2.79. The van der Waals surface area contributed by atoms with Crippen molar-refractivity contribution in [2.45, 2.75) is 0 Å². The summed E-state index contributed by atoms with van der Waals surface area (Å²) in [6.45, 7) is 0. The average molecular weight is 160 g/mol. The van der Waals surface area contributed by atoms with Crippen molar-refractivity contribution >= 4 is 21.7 Å². The van der Waals surface area contributed by atoms with Crippen LogP contribution in [0.5, 0.6) is 0 Å². The van der Waals surface area contributed by atoms with Gasteiger partial charge in [-0.05, 0) is 29.7 Å². The van der Waals surface area contributed by atoms with Crippen molar-refractivity contribution in [3.05, 3.63) is 23.8 Å². The molecular formula is C8H4N2S. The van der Waals surface area contributed by atoms with Gasteiger partial charge in [0.1, 0.15) is 5.52 Å². The zero-order valence-corrected chi connectivity index (χ0v) is 6.43. The molecule has 1 aromatic carbocycles. The van der Waals surface area contributed by atoms with Crippen LogP contribution in [0.2, 0.25) is 0 Å². The van der Waals surface area contributed by atoms with Crippen LogP contribution in [0.25, 0.3) is 10.2 Å². The summed E-state index contributed by atoms with van der Waals surface area (Å²) in [4.78, 5) is 0. The van der Waals surface area contributed by atoms with Crippen molar-refractivity contribution in [3.63, 3.8) is 0 Å². The van der Waals surface area contributed by atoms with Crippen molar-refractivity contribution in [1.29, 1.82) is 0 Å². The summed E-state index contributed by atoms with van der Waals surface area (Å²) in [7, 11) is 0. The average Bonchev–Trinajstić information content (AvgIpc) is 2.50. The van der Waals surface area contributed by atoms with Gasteiger partial charge in [0.25, 0.3) is 0 Å². The monoisotopic (exact) mass is 160 g/mol. The normalized spacial score (nSPS) is 9.73. The topological polar surface area (TPSA) is 25.8 Å². The molecule has 0 aliphatic heterocycles. The van der Waals surface area contributed by atoms with Gasteiger partial charge in [-0.2, -0.15) is 0 Å². The summed E-state index contributed by atoms with van der Waals surface area (Å²) in [6, 6.07) is 5.69. The molecule has 2 nitrogen and oxygen atoms in total. The molecule has 0 aliphatic rings. The minimum atomic E-state index is 0.852. The summed E-state index contributed by atoms with van der Waals surface area (Å²) in [5.41, 5.74) is 1.73. The summed E-state index contributed by atoms with van der Waals surface area (Å²) >= 11 is 1.38. The summed E-state index contributed by atoms with van der Waals surface area (Å²) in [6.07, 6.45) is 5.21. The number of fused-ring (bicyclic) bond motifs is 1. The smallest absolute Gasteiger partial charge is 0.107 e. The summed E-state index contributed by atoms with van der Waals surface area (Å²) in [5, 5.41) is 3.90. The molecular weight excluding hydrogens is 156 g/mol. The van der Waals surface area contributed by atoms with Gasteiger partial charge >= 0.3 is 0 Å². The van der Waals surface area contributed by atoms with E-state index in [1.807, 2.05) is 18.2 Å². The number of rotatable bonds is 0. The number of terminal acetylenes is 1. The highest BCUT2D eigenvalue weighted by Gasteiger charge is 1.96. The van der Waals surface area contributed by atoms with Crippen LogP contribution in [0.1, 0.15) is 5.56 Å². The molecule has 0 aliphatic carbocycles. The highest BCUT2D eigenvalue weighted by Crippen LogP contribution is 2.15. The van der Waals surface area contributed by atoms with Gasteiger partial charge in [-0.25, -0.2) is 0 Å². The maximum absolute atomic E-state index is 5.21. The predicted octanol–water partition coefficient (Wildman–Crippen LogP) is 1.67. The number of nitrogens with zero attached hydrogens (tertiary/aromatic N) is 2. The van der Waals surface area contributed by atoms with Crippen LogP contribution in [-0.2, 0) is 0 Å². The lowest BCUT2D eigenvalue weighted by molar-refractivity contribution is 1.20. The van der Waals surface area contributed by atoms with Gasteiger partial charge in [0.05, 0.1) is 4.70 Å². The molecule has 0 atom stereocenters. The van der Waals surface area contributed by atoms with Gasteiger partial charge in [0, 0.05) is 5.56 Å². The molecule has 1 heterocycles. The molecule has 52 valence electrons. The van der Waals surface area contributed by atoms with Crippen molar-refractivity contribution in [1.82, 2.24) is 9.59 Å². The van der Waals surface area contributed by atoms with Crippen molar-refractivity contribution in [2.24, 2.45) is 0 Å². The molecule has 1 aromatic heterocycles. The molecule has 0 amide bonds. The van der Waals surface area contributed by atoms with E-state index in [0.29, 0.717) is 0 Å². The van der Waals surface area contributed by atoms with Gasteiger partial charge in [-0.3, -0.25) is 0 Å². The zero-order chi connectivity index (χ0) is 7.68. The predicted molar refractivity (Wildman–Crippen MR) is 45.4 cm³/mol. The molecule has 0 unspecified atom stereocenters. The van der Waals surface area contributed by atoms with Crippen molar-refractivity contribution in [2.75, 3.05) is 0 Å². The molecule has 0 saturated heterocycles. The lowest BCUT2D eigenvalue weighted by Crippen LogP contribution is -1.72. The Labute approximate surface area is 68.0 Å². The van der Waals surface area contributed by atoms with E-state index in [-0.39, 0.29) is 0 Å². The molecule has 2 aromatic rings. The first-order valence-electron chi connectivity index (χ1n) is 3.09. The molecule has 0 N–H and O–H groups in total. The Hall–Kier alpha value is -1.40. The van der Waals surface area contributed by atoms with Crippen LogP contribution in [0, 0.1) is 12.3 Å². The third kappa shape index (κ3) is 0.975. The fourth-order valence-corrected chi connectivity index (χ4v) is 1.41. The Morgan fingerprint density at radius 1 is 1.45 bits per heavy atom. The second-order valence-corrected chi connectivity index (χ2v) is 2.89. The highest BCUT2D eigenvalue weighted by atomic mass is 32.1. The maximum Gasteiger partial charge on any atom is 0.107 e. The van der Waals surface area contributed by atoms with Crippen LogP contribution in [0.15, 0.2) is 18.2 Å². The van der Waals surface area contributed by atoms with E-state index in [0.717, 1.165) is 15.8 Å². The second kappa shape index (κ2) is 2.33. The van der Waals surface area contributed by atoms with E-state index >= 15 is 0 Å². The largest absolute Gasteiger partial charge is 0.138 e. The van der Waals surface area contributed by atoms with Crippen LogP contribution in [-0.4, -0.2) is 9.59 Å². The van der Waals surface area contributed by atoms with E-state index in [4.69, 9.17) is 6.42 Å². The van der Waals surface area contributed by atoms with E-state index in [9.17, 15) is 0 Å². The lowest BCUT2D eigenvalue weighted by atomic mass is 10.2. The summed E-state index contributed by atoms with van der Waals surface area (Å²) < 4.78 is 4.87. The third-order valence-electron chi connectivity index (χ3n) is 1.41. The van der Waals surface area contributed by atoms with Crippen LogP contribution in [0.3, 0.4) is 0 Å². The van der Waals surface area contributed by atoms with Gasteiger partial charge in [0.15, 0.2) is 0 Å². The Bertz CT molecular complexity index is 425. The maximum atomic E-state index is 5.21. The third-order valence-corrected chi connectivity index (χ3v) is 2.12. The molecule has 0 spiro atoms. The minimum absolute atomic E-state index is 0.852. The molecule has 2 rings (SSSR count). The highest BCUT2D eigenvalue weighted by molar-refractivity contribution is 7.12. The first kappa shape index (κ1) is 6.32. The number of benzene rings is 1. The molecule has 11 heavy (non-hydrogen) atoms. The quantitative estimate of drug-likeness (QED) is 0.548. The molecule has 0 saturated carbocycles. The van der Waals surface area contributed by atoms with Gasteiger partial charge < -0.3 is 0 Å². The SMILES string of the molecule is C#Cc1ccc2snnc2c1. The molecule has 0 fully saturated rings. The first-order chi connectivity index (χ1) is 5.40. The fourth-order valence-electron chi connectivity index (χ4n) is 0.871. The Morgan fingerprint density at radius 2 is 2.36 bits per heavy atom. The van der Waals surface area contributed by atoms with Gasteiger partial charge in [-0.15, -0.1) is 11.5 Å². The Morgan fingerprint density at radius 3 is 3.18 bits per heavy atom. The second-order valence-electron chi connectivity index (χ2n) is 2.10. The number of aromatic nitrogens is 2. The van der Waals surface area contributed by atoms with E-state index < -0.39 is 0 Å². The van der Waals surface area contributed by atoms with E-state index in [2.05, 4.69) is 15.5 Å². The first-order valence-corrected chi connectivity index (χ1v) is 3.86. The molecule has 0 bridgehead atoms. The molecule has 0 radical (unpaired) electrons. The minimum Gasteiger partial charge on any atom is -0.138 e.